The first-order valence-corrected chi connectivity index (χ1v) is 12.8. The normalized spacial score (nSPS) is 11.3. The second-order valence-electron chi connectivity index (χ2n) is 9.30. The molecule has 0 fully saturated rings. The van der Waals surface area contributed by atoms with Gasteiger partial charge in [0.05, 0.1) is 6.54 Å². The van der Waals surface area contributed by atoms with E-state index >= 15 is 0 Å². The van der Waals surface area contributed by atoms with E-state index in [-0.39, 0.29) is 12.2 Å². The van der Waals surface area contributed by atoms with Gasteiger partial charge in [0.2, 0.25) is 0 Å². The highest BCUT2D eigenvalue weighted by molar-refractivity contribution is 6.12. The number of para-hydroxylation sites is 3. The Kier molecular flexibility index (Phi) is 7.89. The van der Waals surface area contributed by atoms with Crippen molar-refractivity contribution in [1.29, 1.82) is 0 Å². The van der Waals surface area contributed by atoms with Crippen LogP contribution in [0.15, 0.2) is 108 Å². The molecule has 0 aliphatic carbocycles. The first-order chi connectivity index (χ1) is 19.5. The number of aliphatic carboxylic acids is 1. The number of hydrogen-bond acceptors (Lipinski definition) is 6. The van der Waals surface area contributed by atoms with Crippen LogP contribution in [0.25, 0.3) is 11.1 Å². The number of carbonyl (C=O) groups is 2. The summed E-state index contributed by atoms with van der Waals surface area (Å²) in [6, 6.07) is 30.5. The van der Waals surface area contributed by atoms with Crippen molar-refractivity contribution in [2.24, 2.45) is 0 Å². The van der Waals surface area contributed by atoms with Crippen LogP contribution < -0.4 is 10.2 Å². The molecule has 0 radical (unpaired) electrons. The Morgan fingerprint density at radius 3 is 2.38 bits per heavy atom. The number of aromatic nitrogens is 1. The molecule has 0 amide bonds. The van der Waals surface area contributed by atoms with Gasteiger partial charge in [-0.1, -0.05) is 78.6 Å². The summed E-state index contributed by atoms with van der Waals surface area (Å²) in [6.07, 6.45) is 0.233. The van der Waals surface area contributed by atoms with Gasteiger partial charge < -0.3 is 19.7 Å². The molecule has 1 heterocycles. The van der Waals surface area contributed by atoms with Gasteiger partial charge in [-0.25, -0.2) is 4.79 Å². The second-order valence-corrected chi connectivity index (χ2v) is 9.30. The van der Waals surface area contributed by atoms with Crippen LogP contribution in [0.2, 0.25) is 0 Å². The molecular formula is C33H27N3O4. The third kappa shape index (κ3) is 6.20. The lowest BCUT2D eigenvalue weighted by atomic mass is 10.00. The van der Waals surface area contributed by atoms with Gasteiger partial charge in [-0.05, 0) is 42.0 Å². The van der Waals surface area contributed by atoms with E-state index in [2.05, 4.69) is 22.1 Å². The molecule has 0 aliphatic heterocycles. The Bertz CT molecular complexity index is 1670. The molecule has 0 aliphatic rings. The van der Waals surface area contributed by atoms with Crippen LogP contribution >= 0.6 is 0 Å². The lowest BCUT2D eigenvalue weighted by Gasteiger charge is -2.18. The molecule has 0 spiro atoms. The van der Waals surface area contributed by atoms with E-state index in [4.69, 9.17) is 4.42 Å². The molecule has 40 heavy (non-hydrogen) atoms. The van der Waals surface area contributed by atoms with Gasteiger partial charge in [-0.3, -0.25) is 4.79 Å². The number of carbonyl (C=O) groups excluding carboxylic acids is 1. The van der Waals surface area contributed by atoms with E-state index in [0.717, 1.165) is 22.2 Å². The first-order valence-electron chi connectivity index (χ1n) is 12.8. The van der Waals surface area contributed by atoms with Crippen LogP contribution in [-0.4, -0.2) is 41.5 Å². The average molecular weight is 530 g/mol. The van der Waals surface area contributed by atoms with Crippen molar-refractivity contribution in [1.82, 2.24) is 4.98 Å². The number of rotatable bonds is 9. The minimum Gasteiger partial charge on any atom is -0.480 e. The lowest BCUT2D eigenvalue weighted by molar-refractivity contribution is -0.137. The highest BCUT2D eigenvalue weighted by Gasteiger charge is 2.21. The van der Waals surface area contributed by atoms with Crippen molar-refractivity contribution in [3.8, 4) is 11.8 Å². The third-order valence-electron chi connectivity index (χ3n) is 6.39. The summed E-state index contributed by atoms with van der Waals surface area (Å²) in [4.78, 5) is 31.5. The van der Waals surface area contributed by atoms with E-state index in [1.165, 1.54) is 0 Å². The maximum Gasteiger partial charge on any atom is 0.326 e. The van der Waals surface area contributed by atoms with Gasteiger partial charge >= 0.3 is 5.97 Å². The average Bonchev–Trinajstić information content (AvgIpc) is 3.43. The molecule has 0 unspecified atom stereocenters. The molecule has 7 nitrogen and oxygen atoms in total. The van der Waals surface area contributed by atoms with E-state index in [1.54, 1.807) is 48.5 Å². The molecule has 7 heteroatoms. The predicted octanol–water partition coefficient (Wildman–Crippen LogP) is 5.65. The quantitative estimate of drug-likeness (QED) is 0.188. The smallest absolute Gasteiger partial charge is 0.326 e. The molecule has 2 N–H and O–H groups in total. The van der Waals surface area contributed by atoms with Crippen molar-refractivity contribution in [2.45, 2.75) is 12.5 Å². The van der Waals surface area contributed by atoms with Crippen LogP contribution in [0.3, 0.4) is 0 Å². The van der Waals surface area contributed by atoms with Gasteiger partial charge in [0.25, 0.3) is 6.01 Å². The largest absolute Gasteiger partial charge is 0.480 e. The van der Waals surface area contributed by atoms with Crippen molar-refractivity contribution in [3.05, 3.63) is 125 Å². The first kappa shape index (κ1) is 26.3. The summed E-state index contributed by atoms with van der Waals surface area (Å²) < 4.78 is 5.76. The van der Waals surface area contributed by atoms with Crippen LogP contribution in [0.4, 0.5) is 11.7 Å². The van der Waals surface area contributed by atoms with E-state index in [0.29, 0.717) is 29.4 Å². The monoisotopic (exact) mass is 529 g/mol. The van der Waals surface area contributed by atoms with Crippen LogP contribution in [0, 0.1) is 11.8 Å². The van der Waals surface area contributed by atoms with Crippen LogP contribution in [-0.2, 0) is 11.2 Å². The van der Waals surface area contributed by atoms with E-state index < -0.39 is 12.0 Å². The van der Waals surface area contributed by atoms with Gasteiger partial charge in [-0.15, -0.1) is 0 Å². The molecular weight excluding hydrogens is 502 g/mol. The highest BCUT2D eigenvalue weighted by atomic mass is 16.4. The maximum atomic E-state index is 13.1. The van der Waals surface area contributed by atoms with Gasteiger partial charge in [0, 0.05) is 35.8 Å². The number of nitrogens with zero attached hydrogens (tertiary/aromatic N) is 2. The Labute approximate surface area is 232 Å². The summed E-state index contributed by atoms with van der Waals surface area (Å²) in [5, 5.41) is 13.0. The lowest BCUT2D eigenvalue weighted by Crippen LogP contribution is -2.32. The zero-order chi connectivity index (χ0) is 27.9. The number of nitrogens with one attached hydrogen (secondary N) is 1. The number of fused-ring (bicyclic) bond motifs is 1. The highest BCUT2D eigenvalue weighted by Crippen LogP contribution is 2.22. The molecule has 198 valence electrons. The Hall–Kier alpha value is -5.35. The summed E-state index contributed by atoms with van der Waals surface area (Å²) >= 11 is 0. The predicted molar refractivity (Wildman–Crippen MR) is 156 cm³/mol. The Morgan fingerprint density at radius 1 is 0.925 bits per heavy atom. The molecule has 4 aromatic carbocycles. The standard InChI is InChI=1S/C33H27N3O4/c1-36(33-35-28-15-7-8-16-30(28)40-33)21-9-10-23-17-19-24(20-18-23)22-29(32(38)39)34-27-14-6-5-13-26(27)31(37)25-11-3-2-4-12-25/h2-8,11-20,29,34H,21-22H2,1H3,(H,38,39)/t29-/m0/s1. The zero-order valence-corrected chi connectivity index (χ0v) is 21.9. The molecule has 5 aromatic rings. The Morgan fingerprint density at radius 2 is 1.62 bits per heavy atom. The van der Waals surface area contributed by atoms with Gasteiger partial charge in [0.1, 0.15) is 11.6 Å². The maximum absolute atomic E-state index is 13.1. The fourth-order valence-corrected chi connectivity index (χ4v) is 4.25. The SMILES string of the molecule is CN(CC#Cc1ccc(C[C@H](Nc2ccccc2C(=O)c2ccccc2)C(=O)O)cc1)c1nc2ccccc2o1. The van der Waals surface area contributed by atoms with Crippen LogP contribution in [0.1, 0.15) is 27.0 Å². The molecule has 0 saturated heterocycles. The van der Waals surface area contributed by atoms with E-state index in [9.17, 15) is 14.7 Å². The molecule has 1 atom stereocenters. The zero-order valence-electron chi connectivity index (χ0n) is 21.9. The van der Waals surface area contributed by atoms with Gasteiger partial charge in [-0.2, -0.15) is 4.98 Å². The van der Waals surface area contributed by atoms with Crippen molar-refractivity contribution in [3.63, 3.8) is 0 Å². The van der Waals surface area contributed by atoms with E-state index in [1.807, 2.05) is 66.5 Å². The minimum absolute atomic E-state index is 0.169. The second kappa shape index (κ2) is 12.0. The summed E-state index contributed by atoms with van der Waals surface area (Å²) in [7, 11) is 1.87. The number of anilines is 2. The number of benzene rings is 4. The van der Waals surface area contributed by atoms with Crippen molar-refractivity contribution >= 4 is 34.6 Å². The van der Waals surface area contributed by atoms with Crippen molar-refractivity contribution < 1.29 is 19.1 Å². The molecule has 5 rings (SSSR count). The number of carboxylic acid groups (broad SMARTS) is 1. The van der Waals surface area contributed by atoms with Crippen molar-refractivity contribution in [2.75, 3.05) is 23.8 Å². The van der Waals surface area contributed by atoms with Gasteiger partial charge in [0.15, 0.2) is 11.4 Å². The minimum atomic E-state index is -1.01. The summed E-state index contributed by atoms with van der Waals surface area (Å²) in [5.41, 5.74) is 4.62. The number of ketones is 1. The third-order valence-corrected chi connectivity index (χ3v) is 6.39. The molecule has 1 aromatic heterocycles. The number of oxazole rings is 1. The number of hydrogen-bond donors (Lipinski definition) is 2. The summed E-state index contributed by atoms with van der Waals surface area (Å²) in [5.74, 6) is 5.07. The Balaban J connectivity index is 1.23. The fourth-order valence-electron chi connectivity index (χ4n) is 4.25. The molecule has 0 saturated carbocycles. The number of carboxylic acids is 1. The topological polar surface area (TPSA) is 95.7 Å². The van der Waals surface area contributed by atoms with Crippen LogP contribution in [0.5, 0.6) is 0 Å². The summed E-state index contributed by atoms with van der Waals surface area (Å²) in [6.45, 7) is 0.431. The fraction of sp³-hybridized carbons (Fsp3) is 0.121. The molecule has 0 bridgehead atoms.